The number of hydrogen-bond donors (Lipinski definition) is 2. The van der Waals surface area contributed by atoms with Gasteiger partial charge in [-0.1, -0.05) is 31.0 Å². The van der Waals surface area contributed by atoms with Crippen LogP contribution in [0.3, 0.4) is 0 Å². The molecule has 1 heterocycles. The SMILES string of the molecule is NNC(=O)c1c(CSC2CCCC2)oc2ccccc12. The Morgan fingerprint density at radius 1 is 1.35 bits per heavy atom. The lowest BCUT2D eigenvalue weighted by Crippen LogP contribution is -2.30. The lowest BCUT2D eigenvalue weighted by molar-refractivity contribution is 0.0953. The Morgan fingerprint density at radius 3 is 2.85 bits per heavy atom. The average Bonchev–Trinajstić information content (AvgIpc) is 3.11. The minimum atomic E-state index is -0.281. The van der Waals surface area contributed by atoms with Crippen molar-refractivity contribution in [3.8, 4) is 0 Å². The molecular weight excluding hydrogens is 272 g/mol. The lowest BCUT2D eigenvalue weighted by Gasteiger charge is -2.07. The summed E-state index contributed by atoms with van der Waals surface area (Å²) in [7, 11) is 0. The number of nitrogens with one attached hydrogen (secondary N) is 1. The van der Waals surface area contributed by atoms with Crippen LogP contribution < -0.4 is 11.3 Å². The maximum absolute atomic E-state index is 12.0. The average molecular weight is 290 g/mol. The summed E-state index contributed by atoms with van der Waals surface area (Å²) in [5.41, 5.74) is 3.54. The zero-order chi connectivity index (χ0) is 13.9. The predicted molar refractivity (Wildman–Crippen MR) is 81.4 cm³/mol. The number of hydrazine groups is 1. The molecule has 1 aromatic carbocycles. The molecule has 0 atom stereocenters. The standard InChI is InChI=1S/C15H18N2O2S/c16-17-15(18)14-11-7-3-4-8-12(11)19-13(14)9-20-10-5-1-2-6-10/h3-4,7-8,10H,1-2,5-6,9,16H2,(H,17,18). The summed E-state index contributed by atoms with van der Waals surface area (Å²) in [6.07, 6.45) is 5.16. The maximum Gasteiger partial charge on any atom is 0.269 e. The number of rotatable bonds is 4. The van der Waals surface area contributed by atoms with Crippen LogP contribution >= 0.6 is 11.8 Å². The molecule has 5 heteroatoms. The van der Waals surface area contributed by atoms with Gasteiger partial charge in [0.15, 0.2) is 0 Å². The van der Waals surface area contributed by atoms with Crippen LogP contribution in [-0.2, 0) is 5.75 Å². The molecule has 1 aromatic heterocycles. The molecule has 106 valence electrons. The number of furan rings is 1. The first-order chi connectivity index (χ1) is 9.79. The Labute approximate surface area is 122 Å². The Morgan fingerprint density at radius 2 is 2.10 bits per heavy atom. The second kappa shape index (κ2) is 5.89. The van der Waals surface area contributed by atoms with E-state index in [0.29, 0.717) is 10.8 Å². The zero-order valence-electron chi connectivity index (χ0n) is 11.2. The topological polar surface area (TPSA) is 68.3 Å². The molecule has 0 spiro atoms. The van der Waals surface area contributed by atoms with Gasteiger partial charge in [0.25, 0.3) is 5.91 Å². The molecule has 4 nitrogen and oxygen atoms in total. The first-order valence-electron chi connectivity index (χ1n) is 6.92. The van der Waals surface area contributed by atoms with Gasteiger partial charge in [-0.2, -0.15) is 11.8 Å². The molecule has 1 saturated carbocycles. The second-order valence-electron chi connectivity index (χ2n) is 5.09. The molecule has 1 amide bonds. The summed E-state index contributed by atoms with van der Waals surface area (Å²) in [5, 5.41) is 1.52. The summed E-state index contributed by atoms with van der Waals surface area (Å²) in [4.78, 5) is 12.0. The van der Waals surface area contributed by atoms with Gasteiger partial charge >= 0.3 is 0 Å². The largest absolute Gasteiger partial charge is 0.459 e. The first kappa shape index (κ1) is 13.5. The van der Waals surface area contributed by atoms with E-state index >= 15 is 0 Å². The first-order valence-corrected chi connectivity index (χ1v) is 7.97. The fourth-order valence-electron chi connectivity index (χ4n) is 2.77. The number of hydrogen-bond acceptors (Lipinski definition) is 4. The van der Waals surface area contributed by atoms with Crippen LogP contribution in [0.2, 0.25) is 0 Å². The van der Waals surface area contributed by atoms with Crippen molar-refractivity contribution < 1.29 is 9.21 Å². The number of nitrogens with two attached hydrogens (primary N) is 1. The predicted octanol–water partition coefficient (Wildman–Crippen LogP) is 3.21. The molecule has 20 heavy (non-hydrogen) atoms. The van der Waals surface area contributed by atoms with Crippen LogP contribution in [0.25, 0.3) is 11.0 Å². The molecule has 1 aliphatic rings. The van der Waals surface area contributed by atoms with Crippen LogP contribution in [0.1, 0.15) is 41.8 Å². The van der Waals surface area contributed by atoms with Crippen molar-refractivity contribution in [1.82, 2.24) is 5.43 Å². The van der Waals surface area contributed by atoms with Gasteiger partial charge in [0, 0.05) is 10.6 Å². The molecule has 1 aliphatic carbocycles. The van der Waals surface area contributed by atoms with Crippen LogP contribution in [-0.4, -0.2) is 11.2 Å². The van der Waals surface area contributed by atoms with Crippen LogP contribution in [0.15, 0.2) is 28.7 Å². The van der Waals surface area contributed by atoms with E-state index in [-0.39, 0.29) is 5.91 Å². The van der Waals surface area contributed by atoms with Crippen molar-refractivity contribution >= 4 is 28.6 Å². The van der Waals surface area contributed by atoms with Gasteiger partial charge in [-0.3, -0.25) is 10.2 Å². The van der Waals surface area contributed by atoms with Crippen LogP contribution in [0.5, 0.6) is 0 Å². The molecule has 2 aromatic rings. The molecule has 0 radical (unpaired) electrons. The van der Waals surface area contributed by atoms with Crippen molar-refractivity contribution in [3.63, 3.8) is 0 Å². The smallest absolute Gasteiger partial charge is 0.269 e. The van der Waals surface area contributed by atoms with Crippen molar-refractivity contribution in [2.45, 2.75) is 36.7 Å². The Kier molecular flexibility index (Phi) is 3.98. The van der Waals surface area contributed by atoms with E-state index in [1.165, 1.54) is 25.7 Å². The fourth-order valence-corrected chi connectivity index (χ4v) is 4.02. The van der Waals surface area contributed by atoms with E-state index in [4.69, 9.17) is 10.3 Å². The van der Waals surface area contributed by atoms with Gasteiger partial charge in [0.1, 0.15) is 11.3 Å². The third kappa shape index (κ3) is 2.55. The number of carbonyl (C=O) groups excluding carboxylic acids is 1. The maximum atomic E-state index is 12.0. The highest BCUT2D eigenvalue weighted by atomic mass is 32.2. The normalized spacial score (nSPS) is 15.8. The molecule has 3 rings (SSSR count). The molecule has 0 bridgehead atoms. The Bertz CT molecular complexity index is 617. The van der Waals surface area contributed by atoms with Gasteiger partial charge < -0.3 is 4.42 Å². The molecule has 0 unspecified atom stereocenters. The summed E-state index contributed by atoms with van der Waals surface area (Å²) < 4.78 is 5.84. The Hall–Kier alpha value is -1.46. The monoisotopic (exact) mass is 290 g/mol. The summed E-state index contributed by atoms with van der Waals surface area (Å²) in [6.45, 7) is 0. The number of carbonyl (C=O) groups is 1. The highest BCUT2D eigenvalue weighted by Crippen LogP contribution is 2.34. The van der Waals surface area contributed by atoms with E-state index < -0.39 is 0 Å². The Balaban J connectivity index is 1.89. The number of nitrogen functional groups attached to an aromatic ring is 1. The van der Waals surface area contributed by atoms with Crippen molar-refractivity contribution in [2.24, 2.45) is 5.84 Å². The molecule has 1 fully saturated rings. The number of fused-ring (bicyclic) bond motifs is 1. The minimum absolute atomic E-state index is 0.281. The number of para-hydroxylation sites is 1. The quantitative estimate of drug-likeness (QED) is 0.515. The molecule has 0 aliphatic heterocycles. The van der Waals surface area contributed by atoms with Crippen LogP contribution in [0, 0.1) is 0 Å². The van der Waals surface area contributed by atoms with E-state index in [9.17, 15) is 4.79 Å². The van der Waals surface area contributed by atoms with E-state index in [2.05, 4.69) is 5.43 Å². The van der Waals surface area contributed by atoms with Crippen molar-refractivity contribution in [1.29, 1.82) is 0 Å². The van der Waals surface area contributed by atoms with Crippen molar-refractivity contribution in [3.05, 3.63) is 35.6 Å². The highest BCUT2D eigenvalue weighted by molar-refractivity contribution is 7.99. The zero-order valence-corrected chi connectivity index (χ0v) is 12.0. The fraction of sp³-hybridized carbons (Fsp3) is 0.400. The van der Waals surface area contributed by atoms with Gasteiger partial charge in [0.05, 0.1) is 11.3 Å². The third-order valence-electron chi connectivity index (χ3n) is 3.78. The van der Waals surface area contributed by atoms with Crippen molar-refractivity contribution in [2.75, 3.05) is 0 Å². The minimum Gasteiger partial charge on any atom is -0.459 e. The number of amides is 1. The highest BCUT2D eigenvalue weighted by Gasteiger charge is 2.22. The summed E-state index contributed by atoms with van der Waals surface area (Å²) in [6, 6.07) is 7.59. The number of thioether (sulfide) groups is 1. The van der Waals surface area contributed by atoms with E-state index in [1.807, 2.05) is 36.0 Å². The summed E-state index contributed by atoms with van der Waals surface area (Å²) >= 11 is 1.88. The molecule has 0 saturated heterocycles. The third-order valence-corrected chi connectivity index (χ3v) is 5.15. The van der Waals surface area contributed by atoms with Gasteiger partial charge in [-0.05, 0) is 18.9 Å². The molecular formula is C15H18N2O2S. The van der Waals surface area contributed by atoms with Gasteiger partial charge in [0.2, 0.25) is 0 Å². The lowest BCUT2D eigenvalue weighted by atomic mass is 10.1. The second-order valence-corrected chi connectivity index (χ2v) is 6.38. The van der Waals surface area contributed by atoms with E-state index in [1.54, 1.807) is 0 Å². The van der Waals surface area contributed by atoms with Crippen LogP contribution in [0.4, 0.5) is 0 Å². The van der Waals surface area contributed by atoms with Gasteiger partial charge in [-0.25, -0.2) is 5.84 Å². The van der Waals surface area contributed by atoms with E-state index in [0.717, 1.165) is 22.5 Å². The number of benzene rings is 1. The van der Waals surface area contributed by atoms with Gasteiger partial charge in [-0.15, -0.1) is 0 Å². The molecule has 3 N–H and O–H groups in total. The summed E-state index contributed by atoms with van der Waals surface area (Å²) in [5.74, 6) is 6.47.